The number of rotatable bonds is 6. The van der Waals surface area contributed by atoms with Crippen LogP contribution in [0.5, 0.6) is 0 Å². The van der Waals surface area contributed by atoms with Crippen molar-refractivity contribution in [1.29, 1.82) is 0 Å². The molecule has 63 heavy (non-hydrogen) atoms. The highest BCUT2D eigenvalue weighted by Crippen LogP contribution is 2.61. The van der Waals surface area contributed by atoms with Crippen molar-refractivity contribution in [3.05, 3.63) is 194 Å². The number of fused-ring (bicyclic) bond motifs is 9. The summed E-state index contributed by atoms with van der Waals surface area (Å²) in [6.07, 6.45) is 7.05. The summed E-state index contributed by atoms with van der Waals surface area (Å²) in [6, 6.07) is 69.6. The average molecular weight is 811 g/mol. The highest BCUT2D eigenvalue weighted by Gasteiger charge is 2.49. The standard InChI is InChI=1S/C60H46N2O/c1-2-11-39(12-3-1)40-21-25-45(26-22-40)61(46-27-23-42-35-47(28-24-41(42)34-46)62-54-18-8-6-13-48(54)49-14-7-9-19-55(49)62)56-36-53-59-52(58-43-30-37-29-38(32-43)33-44(58)31-37)17-10-20-57(59)63-60(53)51-16-5-4-15-50(51)56/h1-28,34-38,43-44,58H,29-33H2. The summed E-state index contributed by atoms with van der Waals surface area (Å²) in [5.74, 6) is 4.04. The van der Waals surface area contributed by atoms with Crippen LogP contribution in [0.15, 0.2) is 192 Å². The Hall–Kier alpha value is -7.10. The van der Waals surface area contributed by atoms with Gasteiger partial charge in [0.2, 0.25) is 0 Å². The number of para-hydroxylation sites is 2. The molecule has 2 aromatic heterocycles. The van der Waals surface area contributed by atoms with E-state index in [1.54, 1.807) is 0 Å². The van der Waals surface area contributed by atoms with E-state index in [0.717, 1.165) is 57.3 Å². The lowest BCUT2D eigenvalue weighted by atomic mass is 9.50. The fraction of sp³-hybridized carbons (Fsp3) is 0.167. The van der Waals surface area contributed by atoms with E-state index in [9.17, 15) is 0 Å². The zero-order chi connectivity index (χ0) is 41.2. The van der Waals surface area contributed by atoms with Gasteiger partial charge in [-0.05, 0) is 150 Å². The second kappa shape index (κ2) is 13.7. The topological polar surface area (TPSA) is 21.3 Å². The summed E-state index contributed by atoms with van der Waals surface area (Å²) < 4.78 is 9.40. The molecule has 0 atom stereocenters. The van der Waals surface area contributed by atoms with Gasteiger partial charge in [-0.15, -0.1) is 0 Å². The average Bonchev–Trinajstić information content (AvgIpc) is 3.88. The van der Waals surface area contributed by atoms with E-state index in [1.807, 2.05) is 0 Å². The Morgan fingerprint density at radius 1 is 0.444 bits per heavy atom. The molecule has 9 aromatic carbocycles. The van der Waals surface area contributed by atoms with E-state index in [4.69, 9.17) is 4.42 Å². The maximum atomic E-state index is 6.99. The number of hydrogen-bond acceptors (Lipinski definition) is 2. The molecule has 15 rings (SSSR count). The summed E-state index contributed by atoms with van der Waals surface area (Å²) in [4.78, 5) is 2.49. The summed E-state index contributed by atoms with van der Waals surface area (Å²) in [5.41, 5.74) is 13.0. The number of hydrogen-bond donors (Lipinski definition) is 0. The summed E-state index contributed by atoms with van der Waals surface area (Å²) in [6.45, 7) is 0. The van der Waals surface area contributed by atoms with Gasteiger partial charge < -0.3 is 13.9 Å². The molecule has 0 saturated heterocycles. The summed E-state index contributed by atoms with van der Waals surface area (Å²) in [7, 11) is 0. The number of anilines is 3. The van der Waals surface area contributed by atoms with Crippen molar-refractivity contribution in [1.82, 2.24) is 4.57 Å². The molecule has 4 aliphatic carbocycles. The third-order valence-corrected chi connectivity index (χ3v) is 15.5. The SMILES string of the molecule is c1ccc(-c2ccc(N(c3ccc4cc(-n5c6ccccc6c6ccccc65)ccc4c3)c3cc4c(oc5cccc(C6C7CC8CC(C7)CC6C8)c54)c4ccccc34)cc2)cc1. The Morgan fingerprint density at radius 2 is 1.05 bits per heavy atom. The molecule has 0 unspecified atom stereocenters. The van der Waals surface area contributed by atoms with Gasteiger partial charge in [-0.2, -0.15) is 0 Å². The first-order valence-electron chi connectivity index (χ1n) is 23.0. The summed E-state index contributed by atoms with van der Waals surface area (Å²) in [5, 5.41) is 9.84. The van der Waals surface area contributed by atoms with Crippen molar-refractivity contribution < 1.29 is 4.42 Å². The Bertz CT molecular complexity index is 3510. The molecule has 4 aliphatic rings. The lowest BCUT2D eigenvalue weighted by Gasteiger charge is -2.54. The Kier molecular flexibility index (Phi) is 7.72. The van der Waals surface area contributed by atoms with Gasteiger partial charge >= 0.3 is 0 Å². The predicted molar refractivity (Wildman–Crippen MR) is 263 cm³/mol. The minimum Gasteiger partial charge on any atom is -0.455 e. The lowest BCUT2D eigenvalue weighted by Crippen LogP contribution is -2.43. The minimum absolute atomic E-state index is 0.603. The fourth-order valence-electron chi connectivity index (χ4n) is 13.1. The van der Waals surface area contributed by atoms with Crippen molar-refractivity contribution in [2.45, 2.75) is 38.0 Å². The van der Waals surface area contributed by atoms with Crippen LogP contribution < -0.4 is 4.90 Å². The normalized spacial score (nSPS) is 20.5. The molecule has 4 saturated carbocycles. The van der Waals surface area contributed by atoms with Crippen LogP contribution in [-0.2, 0) is 0 Å². The number of aromatic nitrogens is 1. The van der Waals surface area contributed by atoms with Crippen LogP contribution in [0.25, 0.3) is 82.1 Å². The molecular weight excluding hydrogens is 765 g/mol. The van der Waals surface area contributed by atoms with E-state index in [-0.39, 0.29) is 0 Å². The number of benzene rings is 9. The quantitative estimate of drug-likeness (QED) is 0.167. The molecule has 2 heterocycles. The zero-order valence-electron chi connectivity index (χ0n) is 35.1. The predicted octanol–water partition coefficient (Wildman–Crippen LogP) is 16.7. The van der Waals surface area contributed by atoms with Crippen LogP contribution >= 0.6 is 0 Å². The van der Waals surface area contributed by atoms with Crippen molar-refractivity contribution >= 4 is 82.4 Å². The van der Waals surface area contributed by atoms with Gasteiger partial charge in [0.05, 0.1) is 16.7 Å². The second-order valence-corrected chi connectivity index (χ2v) is 18.9. The molecule has 3 heteroatoms. The van der Waals surface area contributed by atoms with E-state index >= 15 is 0 Å². The van der Waals surface area contributed by atoms with E-state index in [2.05, 4.69) is 198 Å². The first kappa shape index (κ1) is 35.5. The van der Waals surface area contributed by atoms with Gasteiger partial charge in [0.25, 0.3) is 0 Å². The molecule has 0 N–H and O–H groups in total. The van der Waals surface area contributed by atoms with Crippen molar-refractivity contribution in [2.75, 3.05) is 4.90 Å². The van der Waals surface area contributed by atoms with Crippen LogP contribution in [0.2, 0.25) is 0 Å². The van der Waals surface area contributed by atoms with Crippen molar-refractivity contribution in [3.8, 4) is 16.8 Å². The van der Waals surface area contributed by atoms with Gasteiger partial charge in [-0.25, -0.2) is 0 Å². The van der Waals surface area contributed by atoms with Crippen LogP contribution in [-0.4, -0.2) is 4.57 Å². The van der Waals surface area contributed by atoms with Crippen LogP contribution in [0.1, 0.15) is 43.6 Å². The first-order valence-corrected chi connectivity index (χ1v) is 23.0. The Labute approximate surface area is 366 Å². The van der Waals surface area contributed by atoms with Gasteiger partial charge in [0, 0.05) is 49.4 Å². The maximum absolute atomic E-state index is 6.99. The molecule has 11 aromatic rings. The molecule has 0 amide bonds. The largest absolute Gasteiger partial charge is 0.455 e. The fourth-order valence-corrected chi connectivity index (χ4v) is 13.1. The number of nitrogens with zero attached hydrogens (tertiary/aromatic N) is 2. The molecule has 4 bridgehead atoms. The Balaban J connectivity index is 0.968. The van der Waals surface area contributed by atoms with E-state index < -0.39 is 0 Å². The first-order chi connectivity index (χ1) is 31.2. The highest BCUT2D eigenvalue weighted by molar-refractivity contribution is 6.20. The second-order valence-electron chi connectivity index (χ2n) is 18.9. The van der Waals surface area contributed by atoms with Crippen LogP contribution in [0.3, 0.4) is 0 Å². The van der Waals surface area contributed by atoms with Crippen molar-refractivity contribution in [3.63, 3.8) is 0 Å². The highest BCUT2D eigenvalue weighted by atomic mass is 16.3. The molecule has 0 aliphatic heterocycles. The van der Waals surface area contributed by atoms with Crippen molar-refractivity contribution in [2.24, 2.45) is 23.7 Å². The maximum Gasteiger partial charge on any atom is 0.143 e. The minimum atomic E-state index is 0.603. The third-order valence-electron chi connectivity index (χ3n) is 15.5. The molecule has 0 spiro atoms. The molecule has 3 nitrogen and oxygen atoms in total. The lowest BCUT2D eigenvalue weighted by molar-refractivity contribution is -0.00229. The molecule has 302 valence electrons. The van der Waals surface area contributed by atoms with Gasteiger partial charge in [-0.3, -0.25) is 0 Å². The van der Waals surface area contributed by atoms with Crippen LogP contribution in [0, 0.1) is 23.7 Å². The van der Waals surface area contributed by atoms with Gasteiger partial charge in [0.15, 0.2) is 0 Å². The van der Waals surface area contributed by atoms with Gasteiger partial charge in [-0.1, -0.05) is 127 Å². The zero-order valence-corrected chi connectivity index (χ0v) is 35.1. The summed E-state index contributed by atoms with van der Waals surface area (Å²) >= 11 is 0. The monoisotopic (exact) mass is 810 g/mol. The molecule has 0 radical (unpaired) electrons. The molecule has 4 fully saturated rings. The number of furan rings is 1. The molecular formula is C60H46N2O. The smallest absolute Gasteiger partial charge is 0.143 e. The van der Waals surface area contributed by atoms with E-state index in [1.165, 1.54) is 103 Å². The third kappa shape index (κ3) is 5.45. The van der Waals surface area contributed by atoms with Crippen LogP contribution in [0.4, 0.5) is 17.1 Å². The van der Waals surface area contributed by atoms with Gasteiger partial charge in [0.1, 0.15) is 11.2 Å². The van der Waals surface area contributed by atoms with E-state index in [0.29, 0.717) is 5.92 Å². The Morgan fingerprint density at radius 3 is 1.78 bits per heavy atom.